The van der Waals surface area contributed by atoms with E-state index in [-0.39, 0.29) is 5.56 Å². The lowest BCUT2D eigenvalue weighted by Crippen LogP contribution is -2.32. The summed E-state index contributed by atoms with van der Waals surface area (Å²) in [6, 6.07) is 12.8. The summed E-state index contributed by atoms with van der Waals surface area (Å²) in [7, 11) is 1.92. The fraction of sp³-hybridized carbons (Fsp3) is 0.278. The number of hydrogen-bond acceptors (Lipinski definition) is 3. The SMILES string of the molecule is CN1CCCN(C(=O)c2ccccc2OC(F)(F)F)c2ccccc21. The average Bonchev–Trinajstić information content (AvgIpc) is 2.73. The molecule has 1 aliphatic heterocycles. The first-order valence-electron chi connectivity index (χ1n) is 7.83. The number of carbonyl (C=O) groups excluding carboxylic acids is 1. The molecule has 0 saturated heterocycles. The van der Waals surface area contributed by atoms with Gasteiger partial charge in [0.15, 0.2) is 0 Å². The summed E-state index contributed by atoms with van der Waals surface area (Å²) < 4.78 is 41.9. The van der Waals surface area contributed by atoms with Crippen molar-refractivity contribution in [3.05, 3.63) is 54.1 Å². The molecule has 1 aliphatic rings. The van der Waals surface area contributed by atoms with Crippen molar-refractivity contribution in [2.75, 3.05) is 29.9 Å². The molecule has 0 unspecified atom stereocenters. The zero-order valence-electron chi connectivity index (χ0n) is 13.6. The Morgan fingerprint density at radius 1 is 1.00 bits per heavy atom. The quantitative estimate of drug-likeness (QED) is 0.818. The van der Waals surface area contributed by atoms with Gasteiger partial charge in [-0.25, -0.2) is 0 Å². The van der Waals surface area contributed by atoms with Crippen LogP contribution in [-0.2, 0) is 0 Å². The van der Waals surface area contributed by atoms with Crippen molar-refractivity contribution in [1.29, 1.82) is 0 Å². The Bertz CT molecular complexity index is 777. The molecule has 0 atom stereocenters. The summed E-state index contributed by atoms with van der Waals surface area (Å²) in [6.07, 6.45) is -4.15. The molecule has 0 N–H and O–H groups in total. The van der Waals surface area contributed by atoms with Crippen LogP contribution < -0.4 is 14.5 Å². The van der Waals surface area contributed by atoms with Crippen LogP contribution in [0, 0.1) is 0 Å². The number of amides is 1. The van der Waals surface area contributed by atoms with Crippen molar-refractivity contribution in [2.24, 2.45) is 0 Å². The molecule has 0 radical (unpaired) electrons. The summed E-state index contributed by atoms with van der Waals surface area (Å²) in [6.45, 7) is 1.17. The molecule has 1 amide bonds. The molecule has 0 aliphatic carbocycles. The molecule has 0 spiro atoms. The number of rotatable bonds is 2. The van der Waals surface area contributed by atoms with E-state index in [9.17, 15) is 18.0 Å². The van der Waals surface area contributed by atoms with Crippen LogP contribution in [-0.4, -0.2) is 32.4 Å². The first-order chi connectivity index (χ1) is 11.9. The van der Waals surface area contributed by atoms with Gasteiger partial charge in [-0.3, -0.25) is 4.79 Å². The van der Waals surface area contributed by atoms with E-state index in [0.29, 0.717) is 18.7 Å². The number of hydrogen-bond donors (Lipinski definition) is 0. The Morgan fingerprint density at radius 3 is 2.36 bits per heavy atom. The van der Waals surface area contributed by atoms with Gasteiger partial charge in [0.1, 0.15) is 5.75 Å². The van der Waals surface area contributed by atoms with Gasteiger partial charge in [0.25, 0.3) is 5.91 Å². The minimum Gasteiger partial charge on any atom is -0.405 e. The zero-order valence-corrected chi connectivity index (χ0v) is 13.6. The third-order valence-corrected chi connectivity index (χ3v) is 4.05. The predicted molar refractivity (Wildman–Crippen MR) is 89.1 cm³/mol. The second-order valence-electron chi connectivity index (χ2n) is 5.76. The number of fused-ring (bicyclic) bond motifs is 1. The lowest BCUT2D eigenvalue weighted by molar-refractivity contribution is -0.274. The maximum Gasteiger partial charge on any atom is 0.573 e. The number of alkyl halides is 3. The lowest BCUT2D eigenvalue weighted by Gasteiger charge is -2.25. The highest BCUT2D eigenvalue weighted by molar-refractivity contribution is 6.09. The predicted octanol–water partition coefficient (Wildman–Crippen LogP) is 4.07. The molecule has 2 aromatic carbocycles. The van der Waals surface area contributed by atoms with Gasteiger partial charge < -0.3 is 14.5 Å². The van der Waals surface area contributed by atoms with Crippen LogP contribution in [0.1, 0.15) is 16.8 Å². The second-order valence-corrected chi connectivity index (χ2v) is 5.76. The molecule has 7 heteroatoms. The number of ether oxygens (including phenoxy) is 1. The molecule has 0 fully saturated rings. The van der Waals surface area contributed by atoms with Gasteiger partial charge in [0, 0.05) is 20.1 Å². The van der Waals surface area contributed by atoms with Gasteiger partial charge in [-0.2, -0.15) is 0 Å². The molecule has 132 valence electrons. The standard InChI is InChI=1S/C18H17F3N2O2/c1-22-11-6-12-23(15-9-4-3-8-14(15)22)17(24)13-7-2-5-10-16(13)25-18(19,20)21/h2-5,7-10H,6,11-12H2,1H3. The van der Waals surface area contributed by atoms with Gasteiger partial charge in [-0.1, -0.05) is 24.3 Å². The van der Waals surface area contributed by atoms with Crippen LogP contribution in [0.3, 0.4) is 0 Å². The topological polar surface area (TPSA) is 32.8 Å². The minimum absolute atomic E-state index is 0.112. The van der Waals surface area contributed by atoms with E-state index in [1.165, 1.54) is 23.1 Å². The molecular formula is C18H17F3N2O2. The van der Waals surface area contributed by atoms with Gasteiger partial charge in [0.2, 0.25) is 0 Å². The first-order valence-corrected chi connectivity index (χ1v) is 7.83. The number of carbonyl (C=O) groups is 1. The molecule has 1 heterocycles. The Kier molecular flexibility index (Phi) is 4.57. The fourth-order valence-corrected chi connectivity index (χ4v) is 2.94. The van der Waals surface area contributed by atoms with Crippen molar-refractivity contribution in [2.45, 2.75) is 12.8 Å². The third-order valence-electron chi connectivity index (χ3n) is 4.05. The van der Waals surface area contributed by atoms with Gasteiger partial charge in [0.05, 0.1) is 16.9 Å². The van der Waals surface area contributed by atoms with Crippen LogP contribution in [0.4, 0.5) is 24.5 Å². The summed E-state index contributed by atoms with van der Waals surface area (Å²) >= 11 is 0. The first kappa shape index (κ1) is 17.1. The zero-order chi connectivity index (χ0) is 18.0. The summed E-state index contributed by atoms with van der Waals surface area (Å²) in [5, 5.41) is 0. The van der Waals surface area contributed by atoms with Gasteiger partial charge >= 0.3 is 6.36 Å². The monoisotopic (exact) mass is 350 g/mol. The number of para-hydroxylation sites is 3. The molecule has 0 saturated carbocycles. The highest BCUT2D eigenvalue weighted by Crippen LogP contribution is 2.34. The van der Waals surface area contributed by atoms with E-state index >= 15 is 0 Å². The fourth-order valence-electron chi connectivity index (χ4n) is 2.94. The van der Waals surface area contributed by atoms with Crippen molar-refractivity contribution in [3.8, 4) is 5.75 Å². The highest BCUT2D eigenvalue weighted by Gasteiger charge is 2.34. The van der Waals surface area contributed by atoms with Gasteiger partial charge in [-0.15, -0.1) is 13.2 Å². The number of halogens is 3. The van der Waals surface area contributed by atoms with Crippen LogP contribution in [0.15, 0.2) is 48.5 Å². The number of nitrogens with zero attached hydrogens (tertiary/aromatic N) is 2. The largest absolute Gasteiger partial charge is 0.573 e. The molecule has 4 nitrogen and oxygen atoms in total. The lowest BCUT2D eigenvalue weighted by atomic mass is 10.1. The third kappa shape index (κ3) is 3.70. The molecule has 3 rings (SSSR count). The maximum atomic E-state index is 13.0. The van der Waals surface area contributed by atoms with E-state index in [2.05, 4.69) is 4.74 Å². The Hall–Kier alpha value is -2.70. The van der Waals surface area contributed by atoms with Gasteiger partial charge in [-0.05, 0) is 30.7 Å². The Morgan fingerprint density at radius 2 is 1.64 bits per heavy atom. The number of anilines is 2. The Balaban J connectivity index is 2.00. The van der Waals surface area contributed by atoms with Crippen molar-refractivity contribution < 1.29 is 22.7 Å². The normalized spacial score (nSPS) is 14.7. The summed E-state index contributed by atoms with van der Waals surface area (Å²) in [5.74, 6) is -1.00. The van der Waals surface area contributed by atoms with E-state index < -0.39 is 18.0 Å². The van der Waals surface area contributed by atoms with Crippen molar-refractivity contribution in [1.82, 2.24) is 0 Å². The van der Waals surface area contributed by atoms with Crippen LogP contribution in [0.25, 0.3) is 0 Å². The second kappa shape index (κ2) is 6.66. The maximum absolute atomic E-state index is 13.0. The van der Waals surface area contributed by atoms with Crippen LogP contribution in [0.5, 0.6) is 5.75 Å². The minimum atomic E-state index is -4.85. The molecule has 0 bridgehead atoms. The Labute approximate surface area is 143 Å². The molecule has 25 heavy (non-hydrogen) atoms. The molecular weight excluding hydrogens is 333 g/mol. The summed E-state index contributed by atoms with van der Waals surface area (Å²) in [5.41, 5.74) is 1.43. The molecule has 0 aromatic heterocycles. The van der Waals surface area contributed by atoms with E-state index in [1.54, 1.807) is 12.1 Å². The highest BCUT2D eigenvalue weighted by atomic mass is 19.4. The molecule has 2 aromatic rings. The van der Waals surface area contributed by atoms with Crippen molar-refractivity contribution in [3.63, 3.8) is 0 Å². The van der Waals surface area contributed by atoms with Crippen LogP contribution in [0.2, 0.25) is 0 Å². The number of benzene rings is 2. The average molecular weight is 350 g/mol. The van der Waals surface area contributed by atoms with Crippen molar-refractivity contribution >= 4 is 17.3 Å². The van der Waals surface area contributed by atoms with E-state index in [1.807, 2.05) is 24.1 Å². The van der Waals surface area contributed by atoms with E-state index in [4.69, 9.17) is 0 Å². The van der Waals surface area contributed by atoms with Crippen LogP contribution >= 0.6 is 0 Å². The summed E-state index contributed by atoms with van der Waals surface area (Å²) in [4.78, 5) is 16.5. The smallest absolute Gasteiger partial charge is 0.405 e. The van der Waals surface area contributed by atoms with E-state index in [0.717, 1.165) is 18.3 Å².